The molecular formula is C11H16O3. The van der Waals surface area contributed by atoms with Crippen LogP contribution in [0.4, 0.5) is 0 Å². The van der Waals surface area contributed by atoms with Crippen LogP contribution in [-0.4, -0.2) is 24.3 Å². The summed E-state index contributed by atoms with van der Waals surface area (Å²) >= 11 is 0. The maximum atomic E-state index is 11.7. The molecule has 0 radical (unpaired) electrons. The predicted molar refractivity (Wildman–Crippen MR) is 51.5 cm³/mol. The summed E-state index contributed by atoms with van der Waals surface area (Å²) in [5.74, 6) is 0.114. The minimum absolute atomic E-state index is 0.118. The van der Waals surface area contributed by atoms with Gasteiger partial charge in [-0.3, -0.25) is 4.79 Å². The Kier molecular flexibility index (Phi) is 2.14. The number of hydrogen-bond acceptors (Lipinski definition) is 3. The monoisotopic (exact) mass is 196 g/mol. The van der Waals surface area contributed by atoms with Crippen LogP contribution in [0.5, 0.6) is 0 Å². The molecule has 2 rings (SSSR count). The second kappa shape index (κ2) is 3.09. The fraction of sp³-hybridized carbons (Fsp3) is 0.727. The van der Waals surface area contributed by atoms with E-state index in [0.717, 1.165) is 12.8 Å². The molecule has 1 unspecified atom stereocenters. The molecule has 3 nitrogen and oxygen atoms in total. The Morgan fingerprint density at radius 1 is 1.64 bits per heavy atom. The van der Waals surface area contributed by atoms with Crippen molar-refractivity contribution >= 4 is 5.97 Å². The molecule has 2 aliphatic rings. The maximum absolute atomic E-state index is 11.7. The van der Waals surface area contributed by atoms with Gasteiger partial charge in [0.05, 0.1) is 13.2 Å². The van der Waals surface area contributed by atoms with Crippen LogP contribution in [0.3, 0.4) is 0 Å². The van der Waals surface area contributed by atoms with Crippen LogP contribution in [0.2, 0.25) is 0 Å². The number of carbonyl (C=O) groups is 1. The summed E-state index contributed by atoms with van der Waals surface area (Å²) in [5, 5.41) is 9.92. The van der Waals surface area contributed by atoms with Crippen LogP contribution < -0.4 is 0 Å². The zero-order chi connectivity index (χ0) is 10.3. The predicted octanol–water partition coefficient (Wildman–Crippen LogP) is 1.12. The molecule has 0 saturated heterocycles. The van der Waals surface area contributed by atoms with Gasteiger partial charge in [0.1, 0.15) is 5.41 Å². The van der Waals surface area contributed by atoms with Crippen LogP contribution in [-0.2, 0) is 9.53 Å². The number of rotatable bonds is 2. The molecule has 0 bridgehead atoms. The molecule has 3 heteroatoms. The fourth-order valence-corrected chi connectivity index (χ4v) is 3.13. The second-order valence-corrected chi connectivity index (χ2v) is 4.24. The van der Waals surface area contributed by atoms with Gasteiger partial charge in [0.15, 0.2) is 0 Å². The molecule has 78 valence electrons. The molecular weight excluding hydrogens is 180 g/mol. The quantitative estimate of drug-likeness (QED) is 0.532. The number of hydrogen-bond donors (Lipinski definition) is 1. The third-order valence-corrected chi connectivity index (χ3v) is 3.83. The van der Waals surface area contributed by atoms with Gasteiger partial charge < -0.3 is 9.84 Å². The van der Waals surface area contributed by atoms with Gasteiger partial charge in [0, 0.05) is 0 Å². The van der Waals surface area contributed by atoms with Gasteiger partial charge in [0.25, 0.3) is 0 Å². The van der Waals surface area contributed by atoms with E-state index in [1.807, 2.05) is 0 Å². The largest absolute Gasteiger partial charge is 0.468 e. The number of methoxy groups -OCH3 is 1. The maximum Gasteiger partial charge on any atom is 0.315 e. The first kappa shape index (κ1) is 9.71. The SMILES string of the molecule is C=C[C@H]1[C@@H]2CCCC(O)[C@]12C(=O)OC. The highest BCUT2D eigenvalue weighted by Gasteiger charge is 2.73. The number of aliphatic hydroxyl groups excluding tert-OH is 1. The lowest BCUT2D eigenvalue weighted by Gasteiger charge is -2.25. The zero-order valence-electron chi connectivity index (χ0n) is 8.40. The van der Waals surface area contributed by atoms with Crippen molar-refractivity contribution in [2.75, 3.05) is 7.11 Å². The molecule has 2 fully saturated rings. The van der Waals surface area contributed by atoms with Crippen LogP contribution in [0, 0.1) is 17.3 Å². The Balaban J connectivity index is 2.29. The molecule has 1 N–H and O–H groups in total. The fourth-order valence-electron chi connectivity index (χ4n) is 3.13. The summed E-state index contributed by atoms with van der Waals surface area (Å²) in [6.07, 6.45) is 3.95. The Morgan fingerprint density at radius 3 is 2.93 bits per heavy atom. The topological polar surface area (TPSA) is 46.5 Å². The van der Waals surface area contributed by atoms with E-state index in [1.165, 1.54) is 7.11 Å². The highest BCUT2D eigenvalue weighted by molar-refractivity contribution is 5.83. The zero-order valence-corrected chi connectivity index (χ0v) is 8.40. The van der Waals surface area contributed by atoms with E-state index in [-0.39, 0.29) is 17.8 Å². The van der Waals surface area contributed by atoms with Crippen LogP contribution >= 0.6 is 0 Å². The highest BCUT2D eigenvalue weighted by Crippen LogP contribution is 2.67. The van der Waals surface area contributed by atoms with E-state index in [2.05, 4.69) is 6.58 Å². The van der Waals surface area contributed by atoms with Crippen molar-refractivity contribution in [1.82, 2.24) is 0 Å². The highest BCUT2D eigenvalue weighted by atomic mass is 16.5. The molecule has 14 heavy (non-hydrogen) atoms. The first-order chi connectivity index (χ1) is 6.69. The van der Waals surface area contributed by atoms with Gasteiger partial charge in [-0.05, 0) is 24.7 Å². The molecule has 0 spiro atoms. The van der Waals surface area contributed by atoms with Crippen LogP contribution in [0.25, 0.3) is 0 Å². The Hall–Kier alpha value is -0.830. The van der Waals surface area contributed by atoms with E-state index in [1.54, 1.807) is 6.08 Å². The van der Waals surface area contributed by atoms with Crippen molar-refractivity contribution in [3.8, 4) is 0 Å². The van der Waals surface area contributed by atoms with Gasteiger partial charge in [-0.15, -0.1) is 6.58 Å². The summed E-state index contributed by atoms with van der Waals surface area (Å²) in [6.45, 7) is 3.72. The lowest BCUT2D eigenvalue weighted by Crippen LogP contribution is -2.36. The van der Waals surface area contributed by atoms with E-state index < -0.39 is 11.5 Å². The third-order valence-electron chi connectivity index (χ3n) is 3.83. The third kappa shape index (κ3) is 0.934. The van der Waals surface area contributed by atoms with E-state index >= 15 is 0 Å². The van der Waals surface area contributed by atoms with Crippen molar-refractivity contribution in [3.63, 3.8) is 0 Å². The Bertz CT molecular complexity index is 274. The summed E-state index contributed by atoms with van der Waals surface area (Å²) in [7, 11) is 1.38. The van der Waals surface area contributed by atoms with Crippen LogP contribution in [0.1, 0.15) is 19.3 Å². The molecule has 0 aromatic heterocycles. The Labute approximate surface area is 83.8 Å². The van der Waals surface area contributed by atoms with Gasteiger partial charge >= 0.3 is 5.97 Å². The van der Waals surface area contributed by atoms with Crippen molar-refractivity contribution in [1.29, 1.82) is 0 Å². The average Bonchev–Trinajstić information content (AvgIpc) is 2.87. The molecule has 0 heterocycles. The van der Waals surface area contributed by atoms with Crippen molar-refractivity contribution in [3.05, 3.63) is 12.7 Å². The molecule has 2 saturated carbocycles. The van der Waals surface area contributed by atoms with E-state index in [9.17, 15) is 9.90 Å². The molecule has 0 aromatic carbocycles. The minimum Gasteiger partial charge on any atom is -0.468 e. The number of fused-ring (bicyclic) bond motifs is 1. The first-order valence-electron chi connectivity index (χ1n) is 5.08. The van der Waals surface area contributed by atoms with E-state index in [0.29, 0.717) is 6.42 Å². The lowest BCUT2D eigenvalue weighted by atomic mass is 9.85. The molecule has 2 aliphatic carbocycles. The molecule has 0 aliphatic heterocycles. The number of ether oxygens (including phenoxy) is 1. The van der Waals surface area contributed by atoms with Gasteiger partial charge in [-0.2, -0.15) is 0 Å². The molecule has 4 atom stereocenters. The number of aliphatic hydroxyl groups is 1. The number of carbonyl (C=O) groups excluding carboxylic acids is 1. The number of esters is 1. The second-order valence-electron chi connectivity index (χ2n) is 4.24. The van der Waals surface area contributed by atoms with Crippen molar-refractivity contribution in [2.24, 2.45) is 17.3 Å². The van der Waals surface area contributed by atoms with Gasteiger partial charge in [-0.1, -0.05) is 12.5 Å². The lowest BCUT2D eigenvalue weighted by molar-refractivity contribution is -0.154. The molecule has 0 amide bonds. The minimum atomic E-state index is -0.644. The summed E-state index contributed by atoms with van der Waals surface area (Å²) in [5.41, 5.74) is -0.644. The van der Waals surface area contributed by atoms with Crippen LogP contribution in [0.15, 0.2) is 12.7 Å². The summed E-state index contributed by atoms with van der Waals surface area (Å²) in [6, 6.07) is 0. The van der Waals surface area contributed by atoms with Crippen molar-refractivity contribution in [2.45, 2.75) is 25.4 Å². The normalized spacial score (nSPS) is 45.1. The number of allylic oxidation sites excluding steroid dienone is 1. The Morgan fingerprint density at radius 2 is 2.36 bits per heavy atom. The molecule has 0 aromatic rings. The first-order valence-corrected chi connectivity index (χ1v) is 5.08. The summed E-state index contributed by atoms with van der Waals surface area (Å²) in [4.78, 5) is 11.7. The average molecular weight is 196 g/mol. The standard InChI is InChI=1S/C11H16O3/c1-3-7-8-5-4-6-9(12)11(7,8)10(13)14-2/h3,7-9,12H,1,4-6H2,2H3/t7-,8-,9?,11-/m0/s1. The van der Waals surface area contributed by atoms with Gasteiger partial charge in [0.2, 0.25) is 0 Å². The van der Waals surface area contributed by atoms with Gasteiger partial charge in [-0.25, -0.2) is 0 Å². The van der Waals surface area contributed by atoms with Crippen molar-refractivity contribution < 1.29 is 14.6 Å². The van der Waals surface area contributed by atoms with E-state index in [4.69, 9.17) is 4.74 Å². The summed E-state index contributed by atoms with van der Waals surface area (Å²) < 4.78 is 4.79. The smallest absolute Gasteiger partial charge is 0.315 e.